The van der Waals surface area contributed by atoms with E-state index in [9.17, 15) is 4.79 Å². The van der Waals surface area contributed by atoms with Crippen LogP contribution in [-0.2, 0) is 0 Å². The highest BCUT2D eigenvalue weighted by Gasteiger charge is 2.05. The zero-order valence-electron chi connectivity index (χ0n) is 6.03. The fraction of sp³-hybridized carbons (Fsp3) is 0.167. The van der Waals surface area contributed by atoms with Gasteiger partial charge in [0, 0.05) is 6.20 Å². The number of carbonyl (C=O) groups is 1. The Bertz CT molecular complexity index is 297. The maximum Gasteiger partial charge on any atom is 0.221 e. The van der Waals surface area contributed by atoms with Gasteiger partial charge in [-0.05, 0) is 6.92 Å². The molecule has 0 saturated heterocycles. The minimum absolute atomic E-state index is 0.0764. The molecule has 0 radical (unpaired) electrons. The summed E-state index contributed by atoms with van der Waals surface area (Å²) in [4.78, 5) is 18.0. The fourth-order valence-corrected chi connectivity index (χ4v) is 0.681. The molecule has 58 valence electrons. The molecule has 0 aromatic carbocycles. The van der Waals surface area contributed by atoms with Gasteiger partial charge in [-0.15, -0.1) is 0 Å². The summed E-state index contributed by atoms with van der Waals surface area (Å²) in [5, 5.41) is 0. The molecule has 5 nitrogen and oxygen atoms in total. The van der Waals surface area contributed by atoms with E-state index < -0.39 is 0 Å². The number of hydrogen-bond donors (Lipinski definition) is 2. The van der Waals surface area contributed by atoms with Crippen molar-refractivity contribution in [2.24, 2.45) is 0 Å². The standard InChI is InChI=1S/C6H8N4O/c1-3(11)4-2-9-6(8)10-5(4)7/h2H,1H3,(H4,7,8,9,10). The van der Waals surface area contributed by atoms with Crippen molar-refractivity contribution >= 4 is 17.5 Å². The average Bonchev–Trinajstić information content (AvgIpc) is 1.85. The Balaban J connectivity index is 3.20. The number of nitrogens with two attached hydrogens (primary N) is 2. The second kappa shape index (κ2) is 2.53. The van der Waals surface area contributed by atoms with E-state index in [0.29, 0.717) is 5.56 Å². The van der Waals surface area contributed by atoms with Crippen LogP contribution in [0.1, 0.15) is 17.3 Å². The van der Waals surface area contributed by atoms with Crippen LogP contribution < -0.4 is 11.5 Å². The van der Waals surface area contributed by atoms with Crippen LogP contribution in [0.15, 0.2) is 6.20 Å². The Labute approximate surface area is 63.4 Å². The minimum atomic E-state index is -0.164. The third-order valence-corrected chi connectivity index (χ3v) is 1.22. The van der Waals surface area contributed by atoms with E-state index in [0.717, 1.165) is 0 Å². The average molecular weight is 152 g/mol. The van der Waals surface area contributed by atoms with Crippen LogP contribution in [0.3, 0.4) is 0 Å². The molecule has 1 aromatic rings. The van der Waals surface area contributed by atoms with Gasteiger partial charge in [0.1, 0.15) is 5.82 Å². The van der Waals surface area contributed by atoms with Crippen LogP contribution >= 0.6 is 0 Å². The number of nitrogens with zero attached hydrogens (tertiary/aromatic N) is 2. The predicted molar refractivity (Wildman–Crippen MR) is 40.9 cm³/mol. The van der Waals surface area contributed by atoms with Crippen molar-refractivity contribution in [2.45, 2.75) is 6.92 Å². The van der Waals surface area contributed by atoms with Gasteiger partial charge in [0.25, 0.3) is 0 Å². The molecule has 1 heterocycles. The Morgan fingerprint density at radius 1 is 1.55 bits per heavy atom. The molecule has 1 aromatic heterocycles. The second-order valence-corrected chi connectivity index (χ2v) is 2.08. The number of rotatable bonds is 1. The second-order valence-electron chi connectivity index (χ2n) is 2.08. The molecule has 0 bridgehead atoms. The van der Waals surface area contributed by atoms with Crippen LogP contribution in [0.4, 0.5) is 11.8 Å². The topological polar surface area (TPSA) is 94.9 Å². The molecule has 1 rings (SSSR count). The SMILES string of the molecule is CC(=O)c1cnc(N)nc1N. The van der Waals surface area contributed by atoms with Crippen molar-refractivity contribution in [1.29, 1.82) is 0 Å². The number of Topliss-reactive ketones (excluding diaryl/α,β-unsaturated/α-hetero) is 1. The molecule has 0 fully saturated rings. The highest BCUT2D eigenvalue weighted by atomic mass is 16.1. The number of hydrogen-bond acceptors (Lipinski definition) is 5. The van der Waals surface area contributed by atoms with E-state index in [2.05, 4.69) is 9.97 Å². The van der Waals surface area contributed by atoms with Gasteiger partial charge in [-0.1, -0.05) is 0 Å². The number of aromatic nitrogens is 2. The van der Waals surface area contributed by atoms with Gasteiger partial charge in [-0.2, -0.15) is 4.98 Å². The molecule has 0 amide bonds. The van der Waals surface area contributed by atoms with Crippen molar-refractivity contribution in [1.82, 2.24) is 9.97 Å². The Morgan fingerprint density at radius 2 is 2.18 bits per heavy atom. The lowest BCUT2D eigenvalue weighted by Crippen LogP contribution is -2.06. The quantitative estimate of drug-likeness (QED) is 0.545. The number of nitrogen functional groups attached to an aromatic ring is 2. The molecule has 0 spiro atoms. The van der Waals surface area contributed by atoms with Crippen molar-refractivity contribution in [3.8, 4) is 0 Å². The molecule has 11 heavy (non-hydrogen) atoms. The maximum atomic E-state index is 10.8. The van der Waals surface area contributed by atoms with Crippen LogP contribution in [0, 0.1) is 0 Å². The summed E-state index contributed by atoms with van der Waals surface area (Å²) < 4.78 is 0. The lowest BCUT2D eigenvalue weighted by Gasteiger charge is -1.98. The highest BCUT2D eigenvalue weighted by Crippen LogP contribution is 2.07. The smallest absolute Gasteiger partial charge is 0.221 e. The van der Waals surface area contributed by atoms with E-state index in [-0.39, 0.29) is 17.5 Å². The summed E-state index contributed by atoms with van der Waals surface area (Å²) in [6.07, 6.45) is 1.32. The van der Waals surface area contributed by atoms with E-state index in [4.69, 9.17) is 11.5 Å². The largest absolute Gasteiger partial charge is 0.383 e. The summed E-state index contributed by atoms with van der Waals surface area (Å²) in [5.41, 5.74) is 10.9. The van der Waals surface area contributed by atoms with E-state index >= 15 is 0 Å². The van der Waals surface area contributed by atoms with Gasteiger partial charge in [-0.25, -0.2) is 4.98 Å². The molecular formula is C6H8N4O. The number of carbonyl (C=O) groups excluding carboxylic acids is 1. The third kappa shape index (κ3) is 1.43. The lowest BCUT2D eigenvalue weighted by atomic mass is 10.2. The van der Waals surface area contributed by atoms with Crippen LogP contribution in [0.5, 0.6) is 0 Å². The van der Waals surface area contributed by atoms with E-state index in [1.165, 1.54) is 13.1 Å². The molecular weight excluding hydrogens is 144 g/mol. The van der Waals surface area contributed by atoms with Gasteiger partial charge in [-0.3, -0.25) is 4.79 Å². The van der Waals surface area contributed by atoms with Crippen molar-refractivity contribution in [3.63, 3.8) is 0 Å². The Morgan fingerprint density at radius 3 is 2.64 bits per heavy atom. The van der Waals surface area contributed by atoms with Crippen LogP contribution in [0.2, 0.25) is 0 Å². The molecule has 0 aliphatic heterocycles. The number of ketones is 1. The molecule has 4 N–H and O–H groups in total. The molecule has 0 saturated carbocycles. The van der Waals surface area contributed by atoms with Gasteiger partial charge in [0.2, 0.25) is 5.95 Å². The lowest BCUT2D eigenvalue weighted by molar-refractivity contribution is 0.101. The van der Waals surface area contributed by atoms with Crippen molar-refractivity contribution in [3.05, 3.63) is 11.8 Å². The van der Waals surface area contributed by atoms with Gasteiger partial charge < -0.3 is 11.5 Å². The highest BCUT2D eigenvalue weighted by molar-refractivity contribution is 5.97. The van der Waals surface area contributed by atoms with Crippen LogP contribution in [-0.4, -0.2) is 15.8 Å². The molecule has 0 aliphatic carbocycles. The summed E-state index contributed by atoms with van der Waals surface area (Å²) in [7, 11) is 0. The summed E-state index contributed by atoms with van der Waals surface area (Å²) in [6, 6.07) is 0. The van der Waals surface area contributed by atoms with Crippen molar-refractivity contribution < 1.29 is 4.79 Å². The Kier molecular flexibility index (Phi) is 1.72. The van der Waals surface area contributed by atoms with E-state index in [1.807, 2.05) is 0 Å². The first kappa shape index (κ1) is 7.46. The zero-order valence-corrected chi connectivity index (χ0v) is 6.03. The zero-order chi connectivity index (χ0) is 8.43. The number of anilines is 2. The molecule has 5 heteroatoms. The summed E-state index contributed by atoms with van der Waals surface area (Å²) in [6.45, 7) is 1.39. The fourth-order valence-electron chi connectivity index (χ4n) is 0.681. The predicted octanol–water partition coefficient (Wildman–Crippen LogP) is -0.156. The molecule has 0 unspecified atom stereocenters. The first-order valence-electron chi connectivity index (χ1n) is 3.00. The first-order chi connectivity index (χ1) is 5.11. The third-order valence-electron chi connectivity index (χ3n) is 1.22. The van der Waals surface area contributed by atoms with Gasteiger partial charge >= 0.3 is 0 Å². The summed E-state index contributed by atoms with van der Waals surface area (Å²) >= 11 is 0. The van der Waals surface area contributed by atoms with Crippen LogP contribution in [0.25, 0.3) is 0 Å². The van der Waals surface area contributed by atoms with Crippen molar-refractivity contribution in [2.75, 3.05) is 11.5 Å². The van der Waals surface area contributed by atoms with Gasteiger partial charge in [0.05, 0.1) is 5.56 Å². The molecule has 0 atom stereocenters. The Hall–Kier alpha value is -1.65. The normalized spacial score (nSPS) is 9.55. The monoisotopic (exact) mass is 152 g/mol. The molecule has 0 aliphatic rings. The first-order valence-corrected chi connectivity index (χ1v) is 3.00. The minimum Gasteiger partial charge on any atom is -0.383 e. The maximum absolute atomic E-state index is 10.8. The summed E-state index contributed by atoms with van der Waals surface area (Å²) in [5.74, 6) is 0.0417. The van der Waals surface area contributed by atoms with Gasteiger partial charge in [0.15, 0.2) is 5.78 Å². The van der Waals surface area contributed by atoms with E-state index in [1.54, 1.807) is 0 Å².